The molecule has 1 aliphatic rings. The van der Waals surface area contributed by atoms with Crippen LogP contribution in [0, 0.1) is 0 Å². The van der Waals surface area contributed by atoms with Crippen LogP contribution in [0.1, 0.15) is 54.0 Å². The first-order valence-electron chi connectivity index (χ1n) is 12.6. The van der Waals surface area contributed by atoms with E-state index in [2.05, 4.69) is 34.6 Å². The number of fused-ring (bicyclic) bond motifs is 2. The van der Waals surface area contributed by atoms with Crippen molar-refractivity contribution < 1.29 is 9.18 Å². The summed E-state index contributed by atoms with van der Waals surface area (Å²) in [4.78, 5) is 17.6. The van der Waals surface area contributed by atoms with E-state index in [1.54, 1.807) is 21.5 Å². The normalized spacial score (nSPS) is 18.2. The van der Waals surface area contributed by atoms with Crippen molar-refractivity contribution in [2.24, 2.45) is 0 Å². The van der Waals surface area contributed by atoms with Crippen LogP contribution in [0.2, 0.25) is 0 Å². The summed E-state index contributed by atoms with van der Waals surface area (Å²) in [5, 5.41) is 16.5. The van der Waals surface area contributed by atoms with Gasteiger partial charge in [-0.25, -0.2) is 9.37 Å². The highest BCUT2D eigenvalue weighted by atomic mass is 19.1. The average Bonchev–Trinajstić information content (AvgIpc) is 3.62. The molecule has 4 aromatic heterocycles. The summed E-state index contributed by atoms with van der Waals surface area (Å²) in [5.41, 5.74) is 4.64. The lowest BCUT2D eigenvalue weighted by Crippen LogP contribution is -2.39. The third kappa shape index (κ3) is 4.27. The quantitative estimate of drug-likeness (QED) is 0.365. The van der Waals surface area contributed by atoms with Crippen molar-refractivity contribution in [3.8, 4) is 0 Å². The zero-order chi connectivity index (χ0) is 25.5. The summed E-state index contributed by atoms with van der Waals surface area (Å²) < 4.78 is 19.9. The predicted octanol–water partition coefficient (Wildman–Crippen LogP) is 4.18. The standard InChI is InChI=1S/C27H29FN8O/c1-17(2)26-25-20(32-27(37)23-14-30-24-8-3-4-11-34(23)24)6-5-7-22(25)36(33-26)16-18-12-31-35(15-18)21-9-10-29-13-19(21)28/h3-8,11-12,14-15,17,19,21,29H,9-10,13,16H2,1-2H3,(H,32,37). The van der Waals surface area contributed by atoms with Crippen LogP contribution in [-0.2, 0) is 6.54 Å². The van der Waals surface area contributed by atoms with Crippen molar-refractivity contribution in [3.05, 3.63) is 78.1 Å². The molecule has 0 radical (unpaired) electrons. The maximum Gasteiger partial charge on any atom is 0.274 e. The number of amides is 1. The molecule has 190 valence electrons. The van der Waals surface area contributed by atoms with Gasteiger partial charge in [0.05, 0.1) is 41.9 Å². The lowest BCUT2D eigenvalue weighted by molar-refractivity contribution is 0.102. The molecule has 0 spiro atoms. The van der Waals surface area contributed by atoms with Crippen molar-refractivity contribution in [2.45, 2.75) is 44.9 Å². The van der Waals surface area contributed by atoms with Gasteiger partial charge in [0.2, 0.25) is 0 Å². The van der Waals surface area contributed by atoms with Gasteiger partial charge in [-0.15, -0.1) is 0 Å². The first-order chi connectivity index (χ1) is 18.0. The van der Waals surface area contributed by atoms with Crippen LogP contribution >= 0.6 is 0 Å². The molecular weight excluding hydrogens is 471 g/mol. The molecule has 1 saturated heterocycles. The average molecular weight is 501 g/mol. The molecule has 9 nitrogen and oxygen atoms in total. The van der Waals surface area contributed by atoms with E-state index in [1.165, 1.54) is 0 Å². The van der Waals surface area contributed by atoms with E-state index in [9.17, 15) is 9.18 Å². The summed E-state index contributed by atoms with van der Waals surface area (Å²) >= 11 is 0. The first kappa shape index (κ1) is 23.4. The topological polar surface area (TPSA) is 94.1 Å². The number of carbonyl (C=O) groups is 1. The van der Waals surface area contributed by atoms with Crippen LogP contribution in [0.25, 0.3) is 16.6 Å². The summed E-state index contributed by atoms with van der Waals surface area (Å²) in [6, 6.07) is 11.2. The van der Waals surface area contributed by atoms with Crippen LogP contribution in [0.5, 0.6) is 0 Å². The van der Waals surface area contributed by atoms with Crippen molar-refractivity contribution in [1.29, 1.82) is 0 Å². The van der Waals surface area contributed by atoms with Crippen molar-refractivity contribution in [3.63, 3.8) is 0 Å². The Morgan fingerprint density at radius 3 is 2.95 bits per heavy atom. The van der Waals surface area contributed by atoms with Gasteiger partial charge in [0.15, 0.2) is 0 Å². The number of aromatic nitrogens is 6. The van der Waals surface area contributed by atoms with E-state index in [-0.39, 0.29) is 17.9 Å². The van der Waals surface area contributed by atoms with E-state index in [4.69, 9.17) is 5.10 Å². The Labute approximate surface area is 213 Å². The minimum Gasteiger partial charge on any atom is -0.320 e. The lowest BCUT2D eigenvalue weighted by atomic mass is 10.0. The molecule has 1 aromatic carbocycles. The minimum atomic E-state index is -0.960. The van der Waals surface area contributed by atoms with Gasteiger partial charge in [-0.3, -0.25) is 18.6 Å². The van der Waals surface area contributed by atoms with Gasteiger partial charge in [0, 0.05) is 29.9 Å². The van der Waals surface area contributed by atoms with Gasteiger partial charge in [-0.05, 0) is 43.1 Å². The number of anilines is 1. The maximum atomic E-state index is 14.4. The molecule has 1 amide bonds. The Balaban J connectivity index is 1.32. The second kappa shape index (κ2) is 9.44. The van der Waals surface area contributed by atoms with E-state index in [0.29, 0.717) is 36.5 Å². The molecule has 2 atom stereocenters. The second-order valence-electron chi connectivity index (χ2n) is 9.83. The Morgan fingerprint density at radius 2 is 2.11 bits per heavy atom. The highest BCUT2D eigenvalue weighted by molar-refractivity contribution is 6.09. The number of hydrogen-bond donors (Lipinski definition) is 2. The van der Waals surface area contributed by atoms with Crippen molar-refractivity contribution in [2.75, 3.05) is 18.4 Å². The zero-order valence-corrected chi connectivity index (χ0v) is 20.8. The number of pyridine rings is 1. The highest BCUT2D eigenvalue weighted by Gasteiger charge is 2.27. The zero-order valence-electron chi connectivity index (χ0n) is 20.8. The van der Waals surface area contributed by atoms with Crippen LogP contribution in [0.15, 0.2) is 61.2 Å². The molecule has 5 heterocycles. The Hall–Kier alpha value is -4.05. The monoisotopic (exact) mass is 500 g/mol. The Morgan fingerprint density at radius 1 is 1.22 bits per heavy atom. The number of imidazole rings is 1. The Bertz CT molecular complexity index is 1580. The summed E-state index contributed by atoms with van der Waals surface area (Å²) in [6.45, 7) is 5.81. The number of nitrogens with zero attached hydrogens (tertiary/aromatic N) is 6. The number of piperidine rings is 1. The third-order valence-corrected chi connectivity index (χ3v) is 6.95. The minimum absolute atomic E-state index is 0.141. The SMILES string of the molecule is CC(C)c1nn(Cc2cnn(C3CCNCC3F)c2)c2cccc(NC(=O)c3cnc4ccccn34)c12. The van der Waals surface area contributed by atoms with Crippen molar-refractivity contribution >= 4 is 28.1 Å². The van der Waals surface area contributed by atoms with E-state index < -0.39 is 6.17 Å². The fourth-order valence-electron chi connectivity index (χ4n) is 5.09. The fraction of sp³-hybridized carbons (Fsp3) is 0.333. The number of carbonyl (C=O) groups excluding carboxylic acids is 1. The predicted molar refractivity (Wildman–Crippen MR) is 140 cm³/mol. The molecule has 10 heteroatoms. The Kier molecular flexibility index (Phi) is 5.96. The van der Waals surface area contributed by atoms with Gasteiger partial charge in [0.1, 0.15) is 17.5 Å². The number of hydrogen-bond acceptors (Lipinski definition) is 5. The van der Waals surface area contributed by atoms with Crippen LogP contribution in [-0.4, -0.2) is 54.1 Å². The molecule has 5 aromatic rings. The van der Waals surface area contributed by atoms with Gasteiger partial charge in [-0.2, -0.15) is 10.2 Å². The van der Waals surface area contributed by atoms with E-state index >= 15 is 0 Å². The van der Waals surface area contributed by atoms with Crippen LogP contribution in [0.3, 0.4) is 0 Å². The molecule has 37 heavy (non-hydrogen) atoms. The largest absolute Gasteiger partial charge is 0.320 e. The highest BCUT2D eigenvalue weighted by Crippen LogP contribution is 2.32. The summed E-state index contributed by atoms with van der Waals surface area (Å²) in [7, 11) is 0. The summed E-state index contributed by atoms with van der Waals surface area (Å²) in [6.07, 6.45) is 6.86. The van der Waals surface area contributed by atoms with E-state index in [1.807, 2.05) is 53.5 Å². The lowest BCUT2D eigenvalue weighted by Gasteiger charge is -2.26. The van der Waals surface area contributed by atoms with Gasteiger partial charge in [0.25, 0.3) is 5.91 Å². The molecule has 0 bridgehead atoms. The van der Waals surface area contributed by atoms with Gasteiger partial charge >= 0.3 is 0 Å². The van der Waals surface area contributed by atoms with E-state index in [0.717, 1.165) is 28.7 Å². The maximum absolute atomic E-state index is 14.4. The molecular formula is C27H29FN8O. The number of alkyl halides is 1. The van der Waals surface area contributed by atoms with Crippen LogP contribution < -0.4 is 10.6 Å². The smallest absolute Gasteiger partial charge is 0.274 e. The van der Waals surface area contributed by atoms with Crippen molar-refractivity contribution in [1.82, 2.24) is 34.3 Å². The molecule has 2 unspecified atom stereocenters. The number of halogens is 1. The number of rotatable bonds is 6. The molecule has 0 aliphatic carbocycles. The first-order valence-corrected chi connectivity index (χ1v) is 12.6. The fourth-order valence-corrected chi connectivity index (χ4v) is 5.09. The van der Waals surface area contributed by atoms with Gasteiger partial charge < -0.3 is 10.6 Å². The van der Waals surface area contributed by atoms with Crippen LogP contribution in [0.4, 0.5) is 10.1 Å². The molecule has 6 rings (SSSR count). The molecule has 1 aliphatic heterocycles. The van der Waals surface area contributed by atoms with Gasteiger partial charge in [-0.1, -0.05) is 26.0 Å². The molecule has 0 saturated carbocycles. The third-order valence-electron chi connectivity index (χ3n) is 6.95. The number of nitrogens with one attached hydrogen (secondary N) is 2. The number of benzene rings is 1. The summed E-state index contributed by atoms with van der Waals surface area (Å²) in [5.74, 6) is -0.0972. The molecule has 2 N–H and O–H groups in total. The molecule has 1 fully saturated rings. The second-order valence-corrected chi connectivity index (χ2v) is 9.83.